The lowest BCUT2D eigenvalue weighted by atomic mass is 10.1. The number of hydrogen-bond donors (Lipinski definition) is 1. The Morgan fingerprint density at radius 3 is 2.39 bits per heavy atom. The van der Waals surface area contributed by atoms with Crippen molar-refractivity contribution < 1.29 is 19.1 Å². The third-order valence-electron chi connectivity index (χ3n) is 3.94. The SMILES string of the molecule is COc1ccc(C)cc1C=CC(=O)Oc1ccc(N(C)C(=O)NC(C)C)cc1. The highest BCUT2D eigenvalue weighted by atomic mass is 16.5. The summed E-state index contributed by atoms with van der Waals surface area (Å²) in [6, 6.07) is 12.3. The number of urea groups is 1. The molecule has 2 aromatic rings. The molecule has 2 rings (SSSR count). The summed E-state index contributed by atoms with van der Waals surface area (Å²) in [6.07, 6.45) is 3.01. The number of anilines is 1. The van der Waals surface area contributed by atoms with Crippen LogP contribution < -0.4 is 19.7 Å². The summed E-state index contributed by atoms with van der Waals surface area (Å²) < 4.78 is 10.6. The van der Waals surface area contributed by atoms with Gasteiger partial charge in [0.15, 0.2) is 0 Å². The topological polar surface area (TPSA) is 67.9 Å². The quantitative estimate of drug-likeness (QED) is 0.462. The average Bonchev–Trinajstić information content (AvgIpc) is 2.66. The minimum Gasteiger partial charge on any atom is -0.496 e. The smallest absolute Gasteiger partial charge is 0.336 e. The van der Waals surface area contributed by atoms with E-state index in [2.05, 4.69) is 5.32 Å². The van der Waals surface area contributed by atoms with Crippen molar-refractivity contribution >= 4 is 23.8 Å². The summed E-state index contributed by atoms with van der Waals surface area (Å²) in [7, 11) is 3.26. The number of nitrogens with zero attached hydrogens (tertiary/aromatic N) is 1. The molecule has 2 aromatic carbocycles. The van der Waals surface area contributed by atoms with Crippen molar-refractivity contribution in [3.8, 4) is 11.5 Å². The second kappa shape index (κ2) is 9.60. The Balaban J connectivity index is 2.01. The molecule has 0 aliphatic heterocycles. The van der Waals surface area contributed by atoms with E-state index < -0.39 is 5.97 Å². The van der Waals surface area contributed by atoms with Crippen LogP contribution in [-0.2, 0) is 4.79 Å². The van der Waals surface area contributed by atoms with Gasteiger partial charge >= 0.3 is 12.0 Å². The number of hydrogen-bond acceptors (Lipinski definition) is 4. The first kappa shape index (κ1) is 21.0. The number of carbonyl (C=O) groups excluding carboxylic acids is 2. The average molecular weight is 382 g/mol. The standard InChI is InChI=1S/C22H26N2O4/c1-15(2)23-22(26)24(4)18-8-10-19(11-9-18)28-21(25)13-7-17-14-16(3)6-12-20(17)27-5/h6-15H,1-5H3,(H,23,26). The molecule has 0 atom stereocenters. The Bertz CT molecular complexity index is 857. The Morgan fingerprint density at radius 1 is 1.11 bits per heavy atom. The lowest BCUT2D eigenvalue weighted by molar-refractivity contribution is -0.128. The molecule has 0 aliphatic carbocycles. The van der Waals surface area contributed by atoms with Crippen LogP contribution in [0.15, 0.2) is 48.5 Å². The summed E-state index contributed by atoms with van der Waals surface area (Å²) in [4.78, 5) is 25.6. The van der Waals surface area contributed by atoms with E-state index in [4.69, 9.17) is 9.47 Å². The largest absolute Gasteiger partial charge is 0.496 e. The van der Waals surface area contributed by atoms with Gasteiger partial charge in [-0.2, -0.15) is 0 Å². The van der Waals surface area contributed by atoms with Crippen molar-refractivity contribution in [2.24, 2.45) is 0 Å². The van der Waals surface area contributed by atoms with Crippen molar-refractivity contribution in [2.75, 3.05) is 19.1 Å². The van der Waals surface area contributed by atoms with Crippen molar-refractivity contribution in [2.45, 2.75) is 26.8 Å². The van der Waals surface area contributed by atoms with E-state index in [-0.39, 0.29) is 12.1 Å². The van der Waals surface area contributed by atoms with Crippen LogP contribution in [0.1, 0.15) is 25.0 Å². The molecule has 0 aliphatic rings. The molecule has 0 saturated carbocycles. The van der Waals surface area contributed by atoms with Crippen LogP contribution in [0.2, 0.25) is 0 Å². The van der Waals surface area contributed by atoms with Crippen LogP contribution in [0.4, 0.5) is 10.5 Å². The summed E-state index contributed by atoms with van der Waals surface area (Å²) in [5.74, 6) is 0.580. The molecule has 1 N–H and O–H groups in total. The zero-order valence-corrected chi connectivity index (χ0v) is 16.9. The Hall–Kier alpha value is -3.28. The van der Waals surface area contributed by atoms with E-state index in [1.165, 1.54) is 11.0 Å². The third-order valence-corrected chi connectivity index (χ3v) is 3.94. The fraction of sp³-hybridized carbons (Fsp3) is 0.273. The molecule has 0 bridgehead atoms. The van der Waals surface area contributed by atoms with Gasteiger partial charge in [-0.25, -0.2) is 9.59 Å². The first-order chi connectivity index (χ1) is 13.3. The van der Waals surface area contributed by atoms with Gasteiger partial charge in [0, 0.05) is 30.4 Å². The van der Waals surface area contributed by atoms with Crippen molar-refractivity contribution in [3.63, 3.8) is 0 Å². The highest BCUT2D eigenvalue weighted by Crippen LogP contribution is 2.22. The van der Waals surface area contributed by atoms with Crippen LogP contribution >= 0.6 is 0 Å². The third kappa shape index (κ3) is 5.87. The summed E-state index contributed by atoms with van der Waals surface area (Å²) in [6.45, 7) is 5.76. The molecule has 0 aromatic heterocycles. The number of nitrogens with one attached hydrogen (secondary N) is 1. The Labute approximate surface area is 165 Å². The van der Waals surface area contributed by atoms with Crippen LogP contribution in [-0.4, -0.2) is 32.2 Å². The van der Waals surface area contributed by atoms with Gasteiger partial charge < -0.3 is 14.8 Å². The molecule has 0 unspecified atom stereocenters. The van der Waals surface area contributed by atoms with Gasteiger partial charge in [-0.05, 0) is 63.2 Å². The maximum Gasteiger partial charge on any atom is 0.336 e. The van der Waals surface area contributed by atoms with Gasteiger partial charge in [-0.1, -0.05) is 11.6 Å². The lowest BCUT2D eigenvalue weighted by Crippen LogP contribution is -2.40. The van der Waals surface area contributed by atoms with Gasteiger partial charge in [-0.15, -0.1) is 0 Å². The molecule has 28 heavy (non-hydrogen) atoms. The normalized spacial score (nSPS) is 10.8. The molecule has 148 valence electrons. The van der Waals surface area contributed by atoms with E-state index in [9.17, 15) is 9.59 Å². The molecular weight excluding hydrogens is 356 g/mol. The van der Waals surface area contributed by atoms with Crippen LogP contribution in [0, 0.1) is 6.92 Å². The number of aryl methyl sites for hydroxylation is 1. The van der Waals surface area contributed by atoms with Crippen LogP contribution in [0.3, 0.4) is 0 Å². The molecule has 0 radical (unpaired) electrons. The maximum absolute atomic E-state index is 12.1. The number of ether oxygens (including phenoxy) is 2. The van der Waals surface area contributed by atoms with E-state index in [1.54, 1.807) is 44.5 Å². The Kier molecular flexibility index (Phi) is 7.21. The minimum atomic E-state index is -0.498. The lowest BCUT2D eigenvalue weighted by Gasteiger charge is -2.19. The second-order valence-corrected chi connectivity index (χ2v) is 6.66. The highest BCUT2D eigenvalue weighted by Gasteiger charge is 2.12. The number of amides is 2. The zero-order chi connectivity index (χ0) is 20.7. The van der Waals surface area contributed by atoms with Gasteiger partial charge in [0.1, 0.15) is 11.5 Å². The zero-order valence-electron chi connectivity index (χ0n) is 16.9. The number of methoxy groups -OCH3 is 1. The van der Waals surface area contributed by atoms with Crippen molar-refractivity contribution in [3.05, 3.63) is 59.7 Å². The first-order valence-electron chi connectivity index (χ1n) is 8.99. The van der Waals surface area contributed by atoms with Crippen LogP contribution in [0.25, 0.3) is 6.08 Å². The van der Waals surface area contributed by atoms with Crippen molar-refractivity contribution in [1.82, 2.24) is 5.32 Å². The van der Waals surface area contributed by atoms with E-state index in [0.29, 0.717) is 17.2 Å². The van der Waals surface area contributed by atoms with Gasteiger partial charge in [-0.3, -0.25) is 4.90 Å². The number of rotatable bonds is 6. The summed E-state index contributed by atoms with van der Waals surface area (Å²) >= 11 is 0. The second-order valence-electron chi connectivity index (χ2n) is 6.66. The number of benzene rings is 2. The molecule has 0 heterocycles. The highest BCUT2D eigenvalue weighted by molar-refractivity contribution is 5.92. The van der Waals surface area contributed by atoms with E-state index in [1.807, 2.05) is 39.0 Å². The fourth-order valence-corrected chi connectivity index (χ4v) is 2.49. The first-order valence-corrected chi connectivity index (χ1v) is 8.99. The molecule has 6 nitrogen and oxygen atoms in total. The van der Waals surface area contributed by atoms with E-state index in [0.717, 1.165) is 11.1 Å². The fourth-order valence-electron chi connectivity index (χ4n) is 2.49. The molecule has 0 saturated heterocycles. The predicted octanol–water partition coefficient (Wildman–Crippen LogP) is 4.18. The number of carbonyl (C=O) groups is 2. The molecule has 2 amide bonds. The molecule has 6 heteroatoms. The summed E-state index contributed by atoms with van der Waals surface area (Å²) in [5.41, 5.74) is 2.56. The Morgan fingerprint density at radius 2 is 1.79 bits per heavy atom. The summed E-state index contributed by atoms with van der Waals surface area (Å²) in [5, 5.41) is 2.82. The molecular formula is C22H26N2O4. The molecule has 0 fully saturated rings. The minimum absolute atomic E-state index is 0.0500. The van der Waals surface area contributed by atoms with Gasteiger partial charge in [0.05, 0.1) is 7.11 Å². The van der Waals surface area contributed by atoms with Crippen molar-refractivity contribution in [1.29, 1.82) is 0 Å². The predicted molar refractivity (Wildman–Crippen MR) is 111 cm³/mol. The monoisotopic (exact) mass is 382 g/mol. The molecule has 0 spiro atoms. The van der Waals surface area contributed by atoms with Gasteiger partial charge in [0.2, 0.25) is 0 Å². The van der Waals surface area contributed by atoms with Gasteiger partial charge in [0.25, 0.3) is 0 Å². The van der Waals surface area contributed by atoms with E-state index >= 15 is 0 Å². The van der Waals surface area contributed by atoms with Crippen LogP contribution in [0.5, 0.6) is 11.5 Å². The maximum atomic E-state index is 12.1. The number of esters is 1.